The number of nitrogens with zero attached hydrogens (tertiary/aromatic N) is 2. The van der Waals surface area contributed by atoms with Gasteiger partial charge in [-0.15, -0.1) is 11.6 Å². The van der Waals surface area contributed by atoms with Crippen LogP contribution in [0.2, 0.25) is 0 Å². The zero-order valence-corrected chi connectivity index (χ0v) is 9.00. The van der Waals surface area contributed by atoms with Crippen LogP contribution in [0.3, 0.4) is 0 Å². The third-order valence-corrected chi connectivity index (χ3v) is 3.58. The monoisotopic (exact) mass is 285 g/mol. The average molecular weight is 286 g/mol. The van der Waals surface area contributed by atoms with Crippen LogP contribution in [-0.2, 0) is 0 Å². The van der Waals surface area contributed by atoms with Crippen molar-refractivity contribution in [2.75, 3.05) is 6.54 Å². The predicted molar refractivity (Wildman–Crippen MR) is 54.2 cm³/mol. The van der Waals surface area contributed by atoms with E-state index < -0.39 is 0 Å². The Morgan fingerprint density at radius 3 is 3.18 bits per heavy atom. The molecule has 2 heterocycles. The lowest BCUT2D eigenvalue weighted by molar-refractivity contribution is 0.278. The van der Waals surface area contributed by atoms with Crippen LogP contribution in [0.4, 0.5) is 0 Å². The Morgan fingerprint density at radius 2 is 2.55 bits per heavy atom. The third kappa shape index (κ3) is 1.15. The first kappa shape index (κ1) is 8.07. The highest BCUT2D eigenvalue weighted by Gasteiger charge is 2.41. The maximum Gasteiger partial charge on any atom is 0.120 e. The highest BCUT2D eigenvalue weighted by atomic mass is 127. The molecule has 0 saturated carbocycles. The van der Waals surface area contributed by atoms with E-state index in [2.05, 4.69) is 33.0 Å². The molecular formula is C6H9ClIN3. The largest absolute Gasteiger partial charge is 0.292 e. The van der Waals surface area contributed by atoms with Gasteiger partial charge in [-0.2, -0.15) is 5.10 Å². The van der Waals surface area contributed by atoms with E-state index in [0.717, 1.165) is 12.3 Å². The van der Waals surface area contributed by atoms with E-state index in [9.17, 15) is 0 Å². The van der Waals surface area contributed by atoms with E-state index in [1.54, 1.807) is 0 Å². The molecule has 0 aromatic rings. The van der Waals surface area contributed by atoms with Crippen molar-refractivity contribution < 1.29 is 0 Å². The van der Waals surface area contributed by atoms with Gasteiger partial charge in [0.1, 0.15) is 15.6 Å². The molecule has 1 N–H and O–H groups in total. The second kappa shape index (κ2) is 2.74. The van der Waals surface area contributed by atoms with E-state index in [1.165, 1.54) is 0 Å². The molecule has 0 bridgehead atoms. The number of hydrogen-bond acceptors (Lipinski definition) is 3. The normalized spacial score (nSPS) is 42.6. The summed E-state index contributed by atoms with van der Waals surface area (Å²) in [5, 5.41) is 9.78. The van der Waals surface area contributed by atoms with Crippen molar-refractivity contribution in [3.8, 4) is 0 Å². The smallest absolute Gasteiger partial charge is 0.120 e. The van der Waals surface area contributed by atoms with E-state index in [1.807, 2.05) is 11.9 Å². The molecule has 5 heteroatoms. The minimum Gasteiger partial charge on any atom is -0.292 e. The van der Waals surface area contributed by atoms with Gasteiger partial charge >= 0.3 is 0 Å². The zero-order valence-electron chi connectivity index (χ0n) is 6.09. The highest BCUT2D eigenvalue weighted by molar-refractivity contribution is 14.1. The molecular weight excluding hydrogens is 276 g/mol. The second-order valence-electron chi connectivity index (χ2n) is 2.81. The van der Waals surface area contributed by atoms with Crippen molar-refractivity contribution in [3.63, 3.8) is 0 Å². The standard InChI is InChI=1S/C6H9ClIN3/c1-3-5(7)6-9-2-4(8)11(6)10-3/h4-6,9H,2H2,1H3. The molecule has 3 atom stereocenters. The molecule has 1 fully saturated rings. The first-order chi connectivity index (χ1) is 5.20. The number of fused-ring (bicyclic) bond motifs is 1. The topological polar surface area (TPSA) is 27.6 Å². The lowest BCUT2D eigenvalue weighted by Crippen LogP contribution is -2.37. The van der Waals surface area contributed by atoms with Gasteiger partial charge in [-0.1, -0.05) is 22.6 Å². The molecule has 1 saturated heterocycles. The molecule has 0 spiro atoms. The molecule has 0 amide bonds. The number of hydrogen-bond donors (Lipinski definition) is 1. The van der Waals surface area contributed by atoms with Gasteiger partial charge in [-0.05, 0) is 6.92 Å². The third-order valence-electron chi connectivity index (χ3n) is 2.02. The van der Waals surface area contributed by atoms with Crippen molar-refractivity contribution in [2.24, 2.45) is 5.10 Å². The Labute approximate surface area is 84.3 Å². The number of alkyl halides is 2. The summed E-state index contributed by atoms with van der Waals surface area (Å²) >= 11 is 8.46. The predicted octanol–water partition coefficient (Wildman–Crippen LogP) is 0.976. The maximum atomic E-state index is 6.09. The van der Waals surface area contributed by atoms with Crippen LogP contribution < -0.4 is 5.32 Å². The summed E-state index contributed by atoms with van der Waals surface area (Å²) in [7, 11) is 0. The summed E-state index contributed by atoms with van der Waals surface area (Å²) in [6.45, 7) is 2.95. The molecule has 0 aromatic heterocycles. The summed E-state index contributed by atoms with van der Waals surface area (Å²) in [6.07, 6.45) is 0.235. The molecule has 62 valence electrons. The number of halogens is 2. The van der Waals surface area contributed by atoms with E-state index in [0.29, 0.717) is 4.05 Å². The van der Waals surface area contributed by atoms with Crippen LogP contribution in [0.5, 0.6) is 0 Å². The SMILES string of the molecule is CC1=NN2C(I)CNC2C1Cl. The minimum atomic E-state index is 0.0507. The van der Waals surface area contributed by atoms with E-state index in [-0.39, 0.29) is 11.5 Å². The molecule has 0 aromatic carbocycles. The van der Waals surface area contributed by atoms with Crippen LogP contribution in [0, 0.1) is 0 Å². The van der Waals surface area contributed by atoms with Gasteiger partial charge in [0, 0.05) is 6.54 Å². The lowest BCUT2D eigenvalue weighted by atomic mass is 10.2. The van der Waals surface area contributed by atoms with Crippen molar-refractivity contribution in [1.82, 2.24) is 10.3 Å². The fraction of sp³-hybridized carbons (Fsp3) is 0.833. The molecule has 2 rings (SSSR count). The maximum absolute atomic E-state index is 6.09. The molecule has 2 aliphatic heterocycles. The Balaban J connectivity index is 2.22. The van der Waals surface area contributed by atoms with Crippen molar-refractivity contribution in [2.45, 2.75) is 22.5 Å². The van der Waals surface area contributed by atoms with Gasteiger partial charge in [-0.25, -0.2) is 0 Å². The Morgan fingerprint density at radius 1 is 1.82 bits per heavy atom. The van der Waals surface area contributed by atoms with Crippen LogP contribution in [0.1, 0.15) is 6.92 Å². The van der Waals surface area contributed by atoms with Crippen LogP contribution in [0.25, 0.3) is 0 Å². The number of hydrazone groups is 1. The van der Waals surface area contributed by atoms with Gasteiger partial charge in [0.2, 0.25) is 0 Å². The Kier molecular flexibility index (Phi) is 2.01. The van der Waals surface area contributed by atoms with Gasteiger partial charge in [-0.3, -0.25) is 10.3 Å². The van der Waals surface area contributed by atoms with Crippen LogP contribution in [0.15, 0.2) is 5.10 Å². The van der Waals surface area contributed by atoms with Gasteiger partial charge in [0.15, 0.2) is 0 Å². The average Bonchev–Trinajstić information content (AvgIpc) is 2.43. The van der Waals surface area contributed by atoms with Crippen LogP contribution in [-0.4, -0.2) is 32.9 Å². The summed E-state index contributed by atoms with van der Waals surface area (Å²) in [5.74, 6) is 0. The van der Waals surface area contributed by atoms with Gasteiger partial charge < -0.3 is 0 Å². The quantitative estimate of drug-likeness (QED) is 0.408. The van der Waals surface area contributed by atoms with Crippen LogP contribution >= 0.6 is 34.2 Å². The number of nitrogens with one attached hydrogen (secondary N) is 1. The zero-order chi connectivity index (χ0) is 8.01. The minimum absolute atomic E-state index is 0.0507. The highest BCUT2D eigenvalue weighted by Crippen LogP contribution is 2.27. The van der Waals surface area contributed by atoms with Gasteiger partial charge in [0.25, 0.3) is 0 Å². The fourth-order valence-electron chi connectivity index (χ4n) is 1.41. The van der Waals surface area contributed by atoms with Gasteiger partial charge in [0.05, 0.1) is 5.71 Å². The summed E-state index contributed by atoms with van der Waals surface area (Å²) in [6, 6.07) is 0. The Hall–Kier alpha value is 0.450. The molecule has 0 aliphatic carbocycles. The molecule has 3 unspecified atom stereocenters. The lowest BCUT2D eigenvalue weighted by Gasteiger charge is -2.17. The van der Waals surface area contributed by atoms with E-state index in [4.69, 9.17) is 11.6 Å². The first-order valence-corrected chi connectivity index (χ1v) is 5.23. The molecule has 0 radical (unpaired) electrons. The second-order valence-corrected chi connectivity index (χ2v) is 4.72. The van der Waals surface area contributed by atoms with Crippen molar-refractivity contribution in [3.05, 3.63) is 0 Å². The molecule has 11 heavy (non-hydrogen) atoms. The van der Waals surface area contributed by atoms with Crippen molar-refractivity contribution >= 4 is 39.9 Å². The van der Waals surface area contributed by atoms with Crippen molar-refractivity contribution in [1.29, 1.82) is 0 Å². The first-order valence-electron chi connectivity index (χ1n) is 3.55. The summed E-state index contributed by atoms with van der Waals surface area (Å²) in [4.78, 5) is 0. The molecule has 3 nitrogen and oxygen atoms in total. The number of rotatable bonds is 0. The van der Waals surface area contributed by atoms with E-state index >= 15 is 0 Å². The summed E-state index contributed by atoms with van der Waals surface area (Å²) < 4.78 is 0.455. The fourth-order valence-corrected chi connectivity index (χ4v) is 2.38. The molecule has 2 aliphatic rings. The Bertz CT molecular complexity index is 208. The summed E-state index contributed by atoms with van der Waals surface area (Å²) in [5.41, 5.74) is 1.02.